The van der Waals surface area contributed by atoms with Gasteiger partial charge in [-0.25, -0.2) is 4.68 Å². The van der Waals surface area contributed by atoms with E-state index in [1.807, 2.05) is 31.2 Å². The van der Waals surface area contributed by atoms with Crippen LogP contribution < -0.4 is 0 Å². The number of benzene rings is 1. The average molecular weight is 286 g/mol. The van der Waals surface area contributed by atoms with Crippen molar-refractivity contribution in [3.63, 3.8) is 0 Å². The Hall–Kier alpha value is -1.77. The van der Waals surface area contributed by atoms with Crippen molar-refractivity contribution in [2.24, 2.45) is 0 Å². The van der Waals surface area contributed by atoms with Gasteiger partial charge in [-0.2, -0.15) is 5.10 Å². The van der Waals surface area contributed by atoms with E-state index in [4.69, 9.17) is 5.10 Å². The van der Waals surface area contributed by atoms with Crippen LogP contribution in [0.1, 0.15) is 58.4 Å². The Kier molecular flexibility index (Phi) is 3.64. The molecule has 1 aromatic carbocycles. The molecule has 3 heteroatoms. The summed E-state index contributed by atoms with van der Waals surface area (Å²) >= 11 is 0. The van der Waals surface area contributed by atoms with E-state index in [2.05, 4.69) is 41.5 Å². The third-order valence-corrected chi connectivity index (χ3v) is 3.60. The molecule has 0 aliphatic heterocycles. The van der Waals surface area contributed by atoms with Crippen molar-refractivity contribution in [3.05, 3.63) is 41.1 Å². The molecule has 21 heavy (non-hydrogen) atoms. The highest BCUT2D eigenvalue weighted by Crippen LogP contribution is 2.40. The molecular formula is C18H26N2O. The number of aryl methyl sites for hydroxylation is 1. The van der Waals surface area contributed by atoms with E-state index in [0.717, 1.165) is 16.9 Å². The third-order valence-electron chi connectivity index (χ3n) is 3.60. The molecule has 1 heterocycles. The summed E-state index contributed by atoms with van der Waals surface area (Å²) in [5.74, 6) is 0.247. The zero-order valence-electron chi connectivity index (χ0n) is 14.2. The Morgan fingerprint density at radius 2 is 1.43 bits per heavy atom. The van der Waals surface area contributed by atoms with Crippen LogP contribution in [0, 0.1) is 6.92 Å². The summed E-state index contributed by atoms with van der Waals surface area (Å²) in [6.07, 6.45) is 0. The molecule has 0 aliphatic carbocycles. The van der Waals surface area contributed by atoms with Gasteiger partial charge >= 0.3 is 0 Å². The maximum Gasteiger partial charge on any atom is 0.218 e. The highest BCUT2D eigenvalue weighted by Gasteiger charge is 2.33. The van der Waals surface area contributed by atoms with Crippen molar-refractivity contribution in [1.82, 2.24) is 9.78 Å². The first-order chi connectivity index (χ1) is 9.51. The molecule has 1 aromatic heterocycles. The normalized spacial score (nSPS) is 12.7. The Balaban J connectivity index is 2.70. The lowest BCUT2D eigenvalue weighted by atomic mass is 9.79. The molecule has 0 bridgehead atoms. The van der Waals surface area contributed by atoms with Crippen LogP contribution in [-0.2, 0) is 10.8 Å². The molecule has 0 radical (unpaired) electrons. The maximum absolute atomic E-state index is 10.7. The van der Waals surface area contributed by atoms with Gasteiger partial charge in [0.05, 0.1) is 11.4 Å². The lowest BCUT2D eigenvalue weighted by Gasteiger charge is -2.24. The molecule has 0 aliphatic rings. The van der Waals surface area contributed by atoms with Gasteiger partial charge in [0.25, 0.3) is 0 Å². The number of nitrogens with zero attached hydrogens (tertiary/aromatic N) is 2. The number of hydrogen-bond acceptors (Lipinski definition) is 2. The van der Waals surface area contributed by atoms with Gasteiger partial charge in [0.15, 0.2) is 0 Å². The van der Waals surface area contributed by atoms with Crippen molar-refractivity contribution in [1.29, 1.82) is 0 Å². The molecule has 0 saturated heterocycles. The van der Waals surface area contributed by atoms with Gasteiger partial charge in [-0.3, -0.25) is 0 Å². The van der Waals surface area contributed by atoms with Gasteiger partial charge in [0.2, 0.25) is 5.88 Å². The maximum atomic E-state index is 10.7. The quantitative estimate of drug-likeness (QED) is 0.839. The van der Waals surface area contributed by atoms with Gasteiger partial charge in [0, 0.05) is 11.0 Å². The fourth-order valence-electron chi connectivity index (χ4n) is 2.49. The Bertz CT molecular complexity index is 638. The zero-order chi connectivity index (χ0) is 16.0. The number of aromatic nitrogens is 2. The molecule has 0 spiro atoms. The lowest BCUT2D eigenvalue weighted by Crippen LogP contribution is -2.21. The summed E-state index contributed by atoms with van der Waals surface area (Å²) < 4.78 is 1.65. The SMILES string of the molecule is Cc1ccc(-n2nc(C(C)(C)C)c(C(C)(C)C)c2O)cc1. The second-order valence-electron chi connectivity index (χ2n) is 7.79. The summed E-state index contributed by atoms with van der Waals surface area (Å²) in [6, 6.07) is 8.04. The minimum Gasteiger partial charge on any atom is -0.493 e. The smallest absolute Gasteiger partial charge is 0.218 e. The second kappa shape index (κ2) is 4.90. The zero-order valence-corrected chi connectivity index (χ0v) is 14.2. The lowest BCUT2D eigenvalue weighted by molar-refractivity contribution is 0.413. The van der Waals surface area contributed by atoms with E-state index < -0.39 is 0 Å². The Morgan fingerprint density at radius 3 is 1.81 bits per heavy atom. The second-order valence-corrected chi connectivity index (χ2v) is 7.79. The van der Waals surface area contributed by atoms with Crippen LogP contribution in [0.25, 0.3) is 5.69 Å². The van der Waals surface area contributed by atoms with Crippen LogP contribution in [0.3, 0.4) is 0 Å². The molecule has 2 rings (SSSR count). The van der Waals surface area contributed by atoms with Crippen LogP contribution >= 0.6 is 0 Å². The van der Waals surface area contributed by atoms with Gasteiger partial charge in [-0.15, -0.1) is 0 Å². The minimum absolute atomic E-state index is 0.115. The average Bonchev–Trinajstić information content (AvgIpc) is 2.67. The van der Waals surface area contributed by atoms with Crippen molar-refractivity contribution in [2.75, 3.05) is 0 Å². The first kappa shape index (κ1) is 15.6. The Morgan fingerprint density at radius 1 is 0.905 bits per heavy atom. The van der Waals surface area contributed by atoms with Crippen molar-refractivity contribution in [2.45, 2.75) is 59.3 Å². The first-order valence-corrected chi connectivity index (χ1v) is 7.42. The van der Waals surface area contributed by atoms with E-state index in [-0.39, 0.29) is 16.7 Å². The van der Waals surface area contributed by atoms with E-state index in [0.29, 0.717) is 0 Å². The molecule has 2 aromatic rings. The van der Waals surface area contributed by atoms with Crippen LogP contribution in [0.4, 0.5) is 0 Å². The summed E-state index contributed by atoms with van der Waals surface area (Å²) in [7, 11) is 0. The van der Waals surface area contributed by atoms with Crippen molar-refractivity contribution >= 4 is 0 Å². The Labute approximate surface area is 127 Å². The number of aromatic hydroxyl groups is 1. The molecule has 114 valence electrons. The monoisotopic (exact) mass is 286 g/mol. The fourth-order valence-corrected chi connectivity index (χ4v) is 2.49. The molecule has 1 N–H and O–H groups in total. The van der Waals surface area contributed by atoms with E-state index in [1.165, 1.54) is 5.56 Å². The van der Waals surface area contributed by atoms with Gasteiger partial charge in [-0.1, -0.05) is 59.2 Å². The molecule has 0 unspecified atom stereocenters. The predicted molar refractivity (Wildman–Crippen MR) is 87.4 cm³/mol. The van der Waals surface area contributed by atoms with Gasteiger partial charge < -0.3 is 5.11 Å². The first-order valence-electron chi connectivity index (χ1n) is 7.42. The van der Waals surface area contributed by atoms with E-state index >= 15 is 0 Å². The molecule has 0 fully saturated rings. The highest BCUT2D eigenvalue weighted by atomic mass is 16.3. The largest absolute Gasteiger partial charge is 0.493 e. The fraction of sp³-hybridized carbons (Fsp3) is 0.500. The van der Waals surface area contributed by atoms with Gasteiger partial charge in [-0.05, 0) is 24.5 Å². The number of rotatable bonds is 1. The predicted octanol–water partition coefficient (Wildman–Crippen LogP) is 4.48. The summed E-state index contributed by atoms with van der Waals surface area (Å²) in [4.78, 5) is 0. The van der Waals surface area contributed by atoms with Crippen molar-refractivity contribution < 1.29 is 5.11 Å². The topological polar surface area (TPSA) is 38.0 Å². The molecule has 0 saturated carbocycles. The molecule has 0 amide bonds. The van der Waals surface area contributed by atoms with Crippen molar-refractivity contribution in [3.8, 4) is 11.6 Å². The standard InChI is InChI=1S/C18H26N2O/c1-12-8-10-13(11-9-12)20-16(21)14(17(2,3)4)15(19-20)18(5,6)7/h8-11,21H,1-7H3. The van der Waals surface area contributed by atoms with E-state index in [9.17, 15) is 5.11 Å². The number of hydrogen-bond donors (Lipinski definition) is 1. The summed E-state index contributed by atoms with van der Waals surface area (Å²) in [5.41, 5.74) is 3.69. The van der Waals surface area contributed by atoms with Crippen LogP contribution in [0.15, 0.2) is 24.3 Å². The van der Waals surface area contributed by atoms with Crippen LogP contribution in [0.2, 0.25) is 0 Å². The molecular weight excluding hydrogens is 260 g/mol. The summed E-state index contributed by atoms with van der Waals surface area (Å²) in [6.45, 7) is 14.8. The molecule has 0 atom stereocenters. The highest BCUT2D eigenvalue weighted by molar-refractivity contribution is 5.46. The van der Waals surface area contributed by atoms with Gasteiger partial charge in [0.1, 0.15) is 0 Å². The summed E-state index contributed by atoms with van der Waals surface area (Å²) in [5, 5.41) is 15.4. The molecule has 3 nitrogen and oxygen atoms in total. The van der Waals surface area contributed by atoms with Crippen LogP contribution in [-0.4, -0.2) is 14.9 Å². The van der Waals surface area contributed by atoms with Crippen LogP contribution in [0.5, 0.6) is 5.88 Å². The minimum atomic E-state index is -0.157. The van der Waals surface area contributed by atoms with E-state index in [1.54, 1.807) is 4.68 Å². The third kappa shape index (κ3) is 2.97.